The summed E-state index contributed by atoms with van der Waals surface area (Å²) in [6, 6.07) is 16.0. The second-order valence-electron chi connectivity index (χ2n) is 4.56. The molecule has 0 spiro atoms. The average Bonchev–Trinajstić information content (AvgIpc) is 2.55. The number of methoxy groups -OCH3 is 1. The molecule has 0 saturated carbocycles. The number of carbonyl (C=O) groups excluding carboxylic acids is 1. The number of thioether (sulfide) groups is 1. The fourth-order valence-corrected chi connectivity index (χ4v) is 2.47. The average molecular weight is 301 g/mol. The normalized spacial score (nSPS) is 10.4. The lowest BCUT2D eigenvalue weighted by atomic mass is 10.0. The van der Waals surface area contributed by atoms with Crippen molar-refractivity contribution < 1.29 is 9.53 Å². The van der Waals surface area contributed by atoms with Gasteiger partial charge < -0.3 is 10.1 Å². The number of rotatable bonds is 6. The molecule has 0 unspecified atom stereocenters. The van der Waals surface area contributed by atoms with Crippen molar-refractivity contribution in [1.29, 1.82) is 0 Å². The van der Waals surface area contributed by atoms with Gasteiger partial charge in [0.2, 0.25) is 0 Å². The molecule has 0 bridgehead atoms. The molecular weight excluding hydrogens is 282 g/mol. The first kappa shape index (κ1) is 15.6. The van der Waals surface area contributed by atoms with Gasteiger partial charge in [0.15, 0.2) is 0 Å². The van der Waals surface area contributed by atoms with Gasteiger partial charge in [0.05, 0.1) is 6.61 Å². The number of amides is 1. The van der Waals surface area contributed by atoms with Crippen LogP contribution >= 0.6 is 11.8 Å². The highest BCUT2D eigenvalue weighted by molar-refractivity contribution is 7.98. The second kappa shape index (κ2) is 7.86. The number of hydrogen-bond acceptors (Lipinski definition) is 3. The Balaban J connectivity index is 2.18. The van der Waals surface area contributed by atoms with Gasteiger partial charge in [0, 0.05) is 24.1 Å². The van der Waals surface area contributed by atoms with Crippen molar-refractivity contribution >= 4 is 17.7 Å². The largest absolute Gasteiger partial charge is 0.383 e. The van der Waals surface area contributed by atoms with Gasteiger partial charge in [-0.3, -0.25) is 4.79 Å². The van der Waals surface area contributed by atoms with Crippen molar-refractivity contribution in [2.24, 2.45) is 0 Å². The zero-order chi connectivity index (χ0) is 15.1. The van der Waals surface area contributed by atoms with Gasteiger partial charge in [0.25, 0.3) is 5.91 Å². The SMILES string of the molecule is COCCNC(=O)c1cccc(-c2cccc(SC)c2)c1. The summed E-state index contributed by atoms with van der Waals surface area (Å²) in [4.78, 5) is 13.3. The van der Waals surface area contributed by atoms with E-state index in [1.807, 2.05) is 30.3 Å². The summed E-state index contributed by atoms with van der Waals surface area (Å²) in [5, 5.41) is 2.83. The van der Waals surface area contributed by atoms with E-state index in [9.17, 15) is 4.79 Å². The van der Waals surface area contributed by atoms with Crippen LogP contribution in [0.3, 0.4) is 0 Å². The van der Waals surface area contributed by atoms with E-state index in [4.69, 9.17) is 4.74 Å². The number of nitrogens with one attached hydrogen (secondary N) is 1. The third kappa shape index (κ3) is 4.34. The standard InChI is InChI=1S/C17H19NO2S/c1-20-10-9-18-17(19)15-7-3-5-13(11-15)14-6-4-8-16(12-14)21-2/h3-8,11-12H,9-10H2,1-2H3,(H,18,19). The molecule has 3 nitrogen and oxygen atoms in total. The molecule has 0 heterocycles. The Bertz CT molecular complexity index is 613. The zero-order valence-corrected chi connectivity index (χ0v) is 13.1. The molecule has 110 valence electrons. The maximum atomic E-state index is 12.1. The number of carbonyl (C=O) groups is 1. The monoisotopic (exact) mass is 301 g/mol. The maximum absolute atomic E-state index is 12.1. The number of benzene rings is 2. The van der Waals surface area contributed by atoms with Crippen molar-refractivity contribution in [3.05, 3.63) is 54.1 Å². The number of hydrogen-bond donors (Lipinski definition) is 1. The Kier molecular flexibility index (Phi) is 5.84. The summed E-state index contributed by atoms with van der Waals surface area (Å²) in [5.74, 6) is -0.0741. The molecule has 0 aliphatic rings. The molecule has 0 fully saturated rings. The Morgan fingerprint density at radius 1 is 1.14 bits per heavy atom. The molecule has 0 saturated heterocycles. The molecule has 0 aliphatic heterocycles. The van der Waals surface area contributed by atoms with Crippen molar-refractivity contribution in [2.75, 3.05) is 26.5 Å². The van der Waals surface area contributed by atoms with Crippen LogP contribution in [-0.2, 0) is 4.74 Å². The highest BCUT2D eigenvalue weighted by atomic mass is 32.2. The minimum absolute atomic E-state index is 0.0741. The highest BCUT2D eigenvalue weighted by Gasteiger charge is 2.07. The van der Waals surface area contributed by atoms with E-state index in [-0.39, 0.29) is 5.91 Å². The smallest absolute Gasteiger partial charge is 0.251 e. The third-order valence-corrected chi connectivity index (χ3v) is 3.84. The molecule has 2 aromatic carbocycles. The van der Waals surface area contributed by atoms with E-state index < -0.39 is 0 Å². The van der Waals surface area contributed by atoms with Crippen LogP contribution in [-0.4, -0.2) is 32.4 Å². The number of ether oxygens (including phenoxy) is 1. The molecule has 21 heavy (non-hydrogen) atoms. The molecule has 1 amide bonds. The van der Waals surface area contributed by atoms with Gasteiger partial charge in [-0.05, 0) is 41.6 Å². The van der Waals surface area contributed by atoms with Crippen LogP contribution in [0.5, 0.6) is 0 Å². The fourth-order valence-electron chi connectivity index (χ4n) is 2.01. The van der Waals surface area contributed by atoms with Gasteiger partial charge in [0.1, 0.15) is 0 Å². The van der Waals surface area contributed by atoms with E-state index in [0.29, 0.717) is 18.7 Å². The molecule has 2 rings (SSSR count). The van der Waals surface area contributed by atoms with Gasteiger partial charge in [-0.2, -0.15) is 0 Å². The lowest BCUT2D eigenvalue weighted by molar-refractivity contribution is 0.0937. The van der Waals surface area contributed by atoms with Gasteiger partial charge in [-0.25, -0.2) is 0 Å². The van der Waals surface area contributed by atoms with Crippen LogP contribution in [0.25, 0.3) is 11.1 Å². The highest BCUT2D eigenvalue weighted by Crippen LogP contribution is 2.25. The molecule has 2 aromatic rings. The predicted molar refractivity (Wildman–Crippen MR) is 87.9 cm³/mol. The molecule has 0 radical (unpaired) electrons. The molecule has 0 atom stereocenters. The van der Waals surface area contributed by atoms with E-state index in [1.165, 1.54) is 4.90 Å². The minimum atomic E-state index is -0.0741. The summed E-state index contributed by atoms with van der Waals surface area (Å²) >= 11 is 1.71. The summed E-state index contributed by atoms with van der Waals surface area (Å²) in [6.07, 6.45) is 2.05. The summed E-state index contributed by atoms with van der Waals surface area (Å²) in [6.45, 7) is 1.03. The van der Waals surface area contributed by atoms with E-state index in [0.717, 1.165) is 11.1 Å². The van der Waals surface area contributed by atoms with Crippen LogP contribution < -0.4 is 5.32 Å². The van der Waals surface area contributed by atoms with Crippen LogP contribution in [0, 0.1) is 0 Å². The molecule has 0 aliphatic carbocycles. The molecule has 4 heteroatoms. The third-order valence-electron chi connectivity index (χ3n) is 3.12. The second-order valence-corrected chi connectivity index (χ2v) is 5.44. The fraction of sp³-hybridized carbons (Fsp3) is 0.235. The maximum Gasteiger partial charge on any atom is 0.251 e. The van der Waals surface area contributed by atoms with Crippen molar-refractivity contribution in [2.45, 2.75) is 4.90 Å². The van der Waals surface area contributed by atoms with Crippen LogP contribution in [0.15, 0.2) is 53.4 Å². The van der Waals surface area contributed by atoms with Crippen LogP contribution in [0.2, 0.25) is 0 Å². The van der Waals surface area contributed by atoms with Crippen molar-refractivity contribution in [3.8, 4) is 11.1 Å². The van der Waals surface area contributed by atoms with E-state index in [2.05, 4.69) is 29.8 Å². The Labute approximate surface area is 129 Å². The summed E-state index contributed by atoms with van der Waals surface area (Å²) in [7, 11) is 1.62. The summed E-state index contributed by atoms with van der Waals surface area (Å²) < 4.78 is 4.93. The Morgan fingerprint density at radius 2 is 1.86 bits per heavy atom. The minimum Gasteiger partial charge on any atom is -0.383 e. The lowest BCUT2D eigenvalue weighted by Gasteiger charge is -2.08. The van der Waals surface area contributed by atoms with Crippen LogP contribution in [0.1, 0.15) is 10.4 Å². The topological polar surface area (TPSA) is 38.3 Å². The lowest BCUT2D eigenvalue weighted by Crippen LogP contribution is -2.26. The molecule has 0 aromatic heterocycles. The van der Waals surface area contributed by atoms with Gasteiger partial charge in [-0.1, -0.05) is 24.3 Å². The molecular formula is C17H19NO2S. The van der Waals surface area contributed by atoms with Crippen molar-refractivity contribution in [1.82, 2.24) is 5.32 Å². The molecule has 1 N–H and O–H groups in total. The first-order valence-corrected chi connectivity index (χ1v) is 7.98. The summed E-state index contributed by atoms with van der Waals surface area (Å²) in [5.41, 5.74) is 2.83. The zero-order valence-electron chi connectivity index (χ0n) is 12.3. The first-order valence-electron chi connectivity index (χ1n) is 6.76. The Morgan fingerprint density at radius 3 is 2.57 bits per heavy atom. The Hall–Kier alpha value is -1.78. The van der Waals surface area contributed by atoms with E-state index >= 15 is 0 Å². The van der Waals surface area contributed by atoms with E-state index in [1.54, 1.807) is 18.9 Å². The van der Waals surface area contributed by atoms with Crippen LogP contribution in [0.4, 0.5) is 0 Å². The first-order chi connectivity index (χ1) is 10.2. The quantitative estimate of drug-likeness (QED) is 0.656. The van der Waals surface area contributed by atoms with Gasteiger partial charge in [-0.15, -0.1) is 11.8 Å². The predicted octanol–water partition coefficient (Wildman–Crippen LogP) is 3.45. The van der Waals surface area contributed by atoms with Gasteiger partial charge >= 0.3 is 0 Å². The van der Waals surface area contributed by atoms with Crippen molar-refractivity contribution in [3.63, 3.8) is 0 Å².